The summed E-state index contributed by atoms with van der Waals surface area (Å²) in [6.45, 7) is 5.79. The van der Waals surface area contributed by atoms with E-state index in [0.29, 0.717) is 64.2 Å². The summed E-state index contributed by atoms with van der Waals surface area (Å²) in [5.74, 6) is -10.2. The Hall–Kier alpha value is -5.82. The number of hydrogen-bond donors (Lipinski definition) is 4. The van der Waals surface area contributed by atoms with E-state index in [-0.39, 0.29) is 102 Å². The predicted molar refractivity (Wildman–Crippen MR) is 334 cm³/mol. The molecule has 0 bridgehead atoms. The minimum absolute atomic E-state index is 0.00637. The fourth-order valence-electron chi connectivity index (χ4n) is 15.5. The van der Waals surface area contributed by atoms with Crippen LogP contribution in [0, 0.1) is 29.6 Å². The van der Waals surface area contributed by atoms with Gasteiger partial charge in [0.05, 0.1) is 19.0 Å². The van der Waals surface area contributed by atoms with Crippen LogP contribution < -0.4 is 21.3 Å². The molecule has 7 aliphatic rings. The molecule has 4 saturated carbocycles. The molecule has 518 valence electrons. The minimum atomic E-state index is -4.51. The summed E-state index contributed by atoms with van der Waals surface area (Å²) in [6, 6.07) is -8.94. The Morgan fingerprint density at radius 2 is 1.24 bits per heavy atom. The quantitative estimate of drug-likeness (QED) is 0.181. The number of carbonyl (C=O) groups excluding carboxylic acids is 11. The highest BCUT2D eigenvalue weighted by Crippen LogP contribution is 2.44. The average Bonchev–Trinajstić information content (AvgIpc) is 1.53. The van der Waals surface area contributed by atoms with Crippen LogP contribution in [0.25, 0.3) is 0 Å². The lowest BCUT2D eigenvalue weighted by molar-refractivity contribution is -0.182. The van der Waals surface area contributed by atoms with Gasteiger partial charge in [0, 0.05) is 66.2 Å². The van der Waals surface area contributed by atoms with Crippen LogP contribution in [0.4, 0.5) is 17.6 Å². The maximum Gasteiger partial charge on any atom is 0.393 e. The maximum atomic E-state index is 15.8. The molecule has 0 aromatic carbocycles. The van der Waals surface area contributed by atoms with Crippen molar-refractivity contribution in [3.8, 4) is 0 Å². The van der Waals surface area contributed by atoms with Crippen molar-refractivity contribution < 1.29 is 70.3 Å². The van der Waals surface area contributed by atoms with Crippen LogP contribution in [0.1, 0.15) is 182 Å². The van der Waals surface area contributed by atoms with Gasteiger partial charge in [0.15, 0.2) is 0 Å². The van der Waals surface area contributed by atoms with E-state index in [1.54, 1.807) is 13.8 Å². The van der Waals surface area contributed by atoms with Gasteiger partial charge >= 0.3 is 6.18 Å². The second-order valence-corrected chi connectivity index (χ2v) is 28.5. The molecule has 4 aliphatic carbocycles. The van der Waals surface area contributed by atoms with Gasteiger partial charge in [-0.05, 0) is 140 Å². The first-order chi connectivity index (χ1) is 43.4. The van der Waals surface area contributed by atoms with Crippen LogP contribution in [0.15, 0.2) is 0 Å². The minimum Gasteiger partial charge on any atom is -0.351 e. The third-order valence-electron chi connectivity index (χ3n) is 21.5. The van der Waals surface area contributed by atoms with Crippen molar-refractivity contribution in [3.63, 3.8) is 0 Å². The monoisotopic (exact) mass is 1320 g/mol. The molecule has 22 nitrogen and oxygen atoms in total. The summed E-state index contributed by atoms with van der Waals surface area (Å²) >= 11 is 6.37. The lowest BCUT2D eigenvalue weighted by atomic mass is 9.78. The zero-order valence-corrected chi connectivity index (χ0v) is 56.2. The lowest BCUT2D eigenvalue weighted by Gasteiger charge is -2.40. The van der Waals surface area contributed by atoms with Crippen molar-refractivity contribution in [2.75, 3.05) is 61.4 Å². The third-order valence-corrected chi connectivity index (χ3v) is 22.0. The zero-order chi connectivity index (χ0) is 67.7. The summed E-state index contributed by atoms with van der Waals surface area (Å²) in [5, 5.41) is 10.4. The second kappa shape index (κ2) is 32.1. The van der Waals surface area contributed by atoms with E-state index in [2.05, 4.69) is 21.3 Å². The van der Waals surface area contributed by atoms with E-state index in [1.807, 2.05) is 6.92 Å². The molecular formula is C65H102ClF4N11O11. The number of fused-ring (bicyclic) bond motifs is 2. The van der Waals surface area contributed by atoms with Gasteiger partial charge in [-0.15, -0.1) is 11.6 Å². The van der Waals surface area contributed by atoms with Gasteiger partial charge in [0.25, 0.3) is 0 Å². The van der Waals surface area contributed by atoms with Gasteiger partial charge in [0.1, 0.15) is 54.0 Å². The number of rotatable bonds is 8. The molecular weight excluding hydrogens is 1220 g/mol. The standard InChI is InChI=1S/C65H102ClF4N11O11/c1-10-38(2)54-62(91)76(6)37-53(84)80-31-18-24-49(80)61(90)78(8)50(35-43-21-13-14-22-46(43)67)60(89)75(5)36-51(82)72-47(28-26-41-25-27-44(45(66)34-41)65(68,69)70)59(88)81-32-17-23-48(81)57(86)74-64(29-15-16-30-64)63(92)79(9)55(42-19-11-12-20-42)58(87)71-39(3)33-52(83)77(7)40(4)56(85)73-54/h38-50,54-55H,10-37H2,1-9H3,(H,71,87)(H,72,82)(H,73,85)(H,74,86)/t38-,39+,40-,41?,43?,44?,45?,46?,47-,48-,49-,50-,54-,55-/m0/s1. The van der Waals surface area contributed by atoms with Crippen molar-refractivity contribution in [2.24, 2.45) is 29.6 Å². The Morgan fingerprint density at radius 1 is 0.620 bits per heavy atom. The van der Waals surface area contributed by atoms with Gasteiger partial charge in [-0.25, -0.2) is 4.39 Å². The lowest BCUT2D eigenvalue weighted by Crippen LogP contribution is -2.64. The van der Waals surface area contributed by atoms with Gasteiger partial charge < -0.3 is 55.6 Å². The van der Waals surface area contributed by atoms with Crippen molar-refractivity contribution in [1.82, 2.24) is 55.6 Å². The summed E-state index contributed by atoms with van der Waals surface area (Å²) in [5.41, 5.74) is -1.48. The van der Waals surface area contributed by atoms with Gasteiger partial charge in [-0.3, -0.25) is 52.7 Å². The number of halogens is 5. The Kier molecular flexibility index (Phi) is 25.7. The van der Waals surface area contributed by atoms with Gasteiger partial charge in [-0.2, -0.15) is 13.2 Å². The molecule has 5 unspecified atom stereocenters. The first kappa shape index (κ1) is 73.6. The molecule has 4 N–H and O–H groups in total. The van der Waals surface area contributed by atoms with Crippen LogP contribution in [-0.2, 0) is 52.7 Å². The van der Waals surface area contributed by atoms with Crippen molar-refractivity contribution in [2.45, 2.75) is 253 Å². The van der Waals surface area contributed by atoms with E-state index in [1.165, 1.54) is 71.6 Å². The number of nitrogens with zero attached hydrogens (tertiary/aromatic N) is 7. The Labute approximate surface area is 544 Å². The normalized spacial score (nSPS) is 33.2. The summed E-state index contributed by atoms with van der Waals surface area (Å²) in [7, 11) is 7.10. The van der Waals surface area contributed by atoms with Crippen LogP contribution in [0.3, 0.4) is 0 Å². The molecule has 7 fully saturated rings. The van der Waals surface area contributed by atoms with Crippen molar-refractivity contribution in [1.29, 1.82) is 0 Å². The molecule has 14 atom stereocenters. The van der Waals surface area contributed by atoms with Crippen molar-refractivity contribution in [3.05, 3.63) is 0 Å². The van der Waals surface area contributed by atoms with Gasteiger partial charge in [0.2, 0.25) is 65.0 Å². The fourth-order valence-corrected chi connectivity index (χ4v) is 16.0. The number of amides is 11. The van der Waals surface area contributed by atoms with Crippen LogP contribution in [0.2, 0.25) is 0 Å². The molecule has 27 heteroatoms. The van der Waals surface area contributed by atoms with Gasteiger partial charge in [-0.1, -0.05) is 58.8 Å². The first-order valence-electron chi connectivity index (χ1n) is 33.9. The molecule has 1 spiro atoms. The number of hydrogen-bond acceptors (Lipinski definition) is 11. The topological polar surface area (TPSA) is 259 Å². The Bertz CT molecular complexity index is 2680. The molecule has 3 aliphatic heterocycles. The predicted octanol–water partition coefficient (Wildman–Crippen LogP) is 5.21. The van der Waals surface area contributed by atoms with Crippen LogP contribution in [-0.4, -0.2) is 232 Å². The molecule has 11 amide bonds. The highest BCUT2D eigenvalue weighted by molar-refractivity contribution is 6.20. The molecule has 3 saturated heterocycles. The van der Waals surface area contributed by atoms with E-state index in [4.69, 9.17) is 11.6 Å². The van der Waals surface area contributed by atoms with E-state index < -0.39 is 167 Å². The molecule has 0 aromatic heterocycles. The number of alkyl halides is 5. The summed E-state index contributed by atoms with van der Waals surface area (Å²) in [6.07, 6.45) is 1.86. The summed E-state index contributed by atoms with van der Waals surface area (Å²) in [4.78, 5) is 169. The Morgan fingerprint density at radius 3 is 1.87 bits per heavy atom. The van der Waals surface area contributed by atoms with Crippen LogP contribution in [0.5, 0.6) is 0 Å². The molecule has 0 aromatic rings. The van der Waals surface area contributed by atoms with E-state index in [9.17, 15) is 56.3 Å². The second-order valence-electron chi connectivity index (χ2n) is 28.0. The Balaban J connectivity index is 1.22. The largest absolute Gasteiger partial charge is 0.393 e. The first-order valence-corrected chi connectivity index (χ1v) is 34.3. The highest BCUT2D eigenvalue weighted by atomic mass is 35.5. The van der Waals surface area contributed by atoms with Crippen LogP contribution >= 0.6 is 11.6 Å². The number of carbonyl (C=O) groups is 11. The SMILES string of the molecule is CC[C@H](C)[C@@H]1NC(=O)[C@H](C)N(C)C(=O)C[C@@H](C)NC(=O)[C@H](C2CCCC2)N(C)C(=O)C2(CCCC2)NC(=O)[C@@H]2CCCN2C(=O)[C@H](CCC2CCC(C(F)(F)F)C(Cl)C2)NC(=O)CN(C)C(=O)[C@H](CC2CCCCC2F)N(C)C(=O)[C@@H]2CCCN2C(=O)CN(C)C1=O. The third kappa shape index (κ3) is 17.5. The smallest absolute Gasteiger partial charge is 0.351 e. The van der Waals surface area contributed by atoms with E-state index >= 15 is 14.0 Å². The zero-order valence-electron chi connectivity index (χ0n) is 55.5. The highest BCUT2D eigenvalue weighted by Gasteiger charge is 2.52. The fraction of sp³-hybridized carbons (Fsp3) is 0.831. The number of nitrogens with one attached hydrogen (secondary N) is 4. The molecule has 0 radical (unpaired) electrons. The summed E-state index contributed by atoms with van der Waals surface area (Å²) < 4.78 is 57.6. The maximum absolute atomic E-state index is 15.8. The molecule has 3 heterocycles. The van der Waals surface area contributed by atoms with Crippen molar-refractivity contribution >= 4 is 76.6 Å². The van der Waals surface area contributed by atoms with E-state index in [0.717, 1.165) is 17.7 Å². The average molecular weight is 1330 g/mol. The number of likely N-dealkylation sites (N-methyl/N-ethyl adjacent to an activating group) is 5. The molecule has 7 rings (SSSR count). The molecule has 92 heavy (non-hydrogen) atoms.